The van der Waals surface area contributed by atoms with Crippen molar-refractivity contribution in [2.24, 2.45) is 0 Å². The summed E-state index contributed by atoms with van der Waals surface area (Å²) in [6.07, 6.45) is 3.40. The molecule has 0 atom stereocenters. The van der Waals surface area contributed by atoms with Crippen LogP contribution in [0.5, 0.6) is 0 Å². The quantitative estimate of drug-likeness (QED) is 0.907. The van der Waals surface area contributed by atoms with Gasteiger partial charge in [0.05, 0.1) is 11.8 Å². The van der Waals surface area contributed by atoms with Crippen LogP contribution < -0.4 is 5.32 Å². The second kappa shape index (κ2) is 5.09. The number of carbonyl (C=O) groups is 1. The van der Waals surface area contributed by atoms with Crippen LogP contribution in [0, 0.1) is 6.92 Å². The molecule has 2 heterocycles. The number of hydrogen-bond donors (Lipinski definition) is 1. The number of amides is 1. The van der Waals surface area contributed by atoms with Crippen LogP contribution >= 0.6 is 11.3 Å². The topological polar surface area (TPSA) is 68.0 Å². The summed E-state index contributed by atoms with van der Waals surface area (Å²) in [5, 5.41) is 12.1. The molecule has 2 aromatic rings. The van der Waals surface area contributed by atoms with Crippen LogP contribution in [0.3, 0.4) is 0 Å². The van der Waals surface area contributed by atoms with Gasteiger partial charge in [0.2, 0.25) is 5.13 Å². The van der Waals surface area contributed by atoms with E-state index in [1.54, 1.807) is 13.0 Å². The zero-order chi connectivity index (χ0) is 12.3. The molecule has 2 aromatic heterocycles. The molecule has 0 unspecified atom stereocenters. The number of anilines is 1. The third-order valence-corrected chi connectivity index (χ3v) is 3.15. The Labute approximate surface area is 103 Å². The SMILES string of the molecule is CCCc1nnc(NC(=O)c2ccoc2C)s1. The Morgan fingerprint density at radius 2 is 2.35 bits per heavy atom. The van der Waals surface area contributed by atoms with Crippen LogP contribution in [0.15, 0.2) is 16.7 Å². The summed E-state index contributed by atoms with van der Waals surface area (Å²) in [4.78, 5) is 11.8. The number of nitrogens with one attached hydrogen (secondary N) is 1. The van der Waals surface area contributed by atoms with Gasteiger partial charge in [-0.2, -0.15) is 0 Å². The van der Waals surface area contributed by atoms with E-state index in [0.717, 1.165) is 17.8 Å². The van der Waals surface area contributed by atoms with Crippen molar-refractivity contribution < 1.29 is 9.21 Å². The molecule has 0 fully saturated rings. The lowest BCUT2D eigenvalue weighted by molar-refractivity contribution is 0.102. The summed E-state index contributed by atoms with van der Waals surface area (Å²) in [5.41, 5.74) is 0.525. The van der Waals surface area contributed by atoms with Crippen molar-refractivity contribution in [3.05, 3.63) is 28.7 Å². The minimum atomic E-state index is -0.213. The molecular weight excluding hydrogens is 238 g/mol. The molecule has 0 saturated heterocycles. The Kier molecular flexibility index (Phi) is 3.53. The average Bonchev–Trinajstić information content (AvgIpc) is 2.88. The van der Waals surface area contributed by atoms with Gasteiger partial charge < -0.3 is 4.42 Å². The van der Waals surface area contributed by atoms with Crippen LogP contribution in [0.1, 0.15) is 34.5 Å². The van der Waals surface area contributed by atoms with Gasteiger partial charge in [0.25, 0.3) is 5.91 Å². The molecule has 0 bridgehead atoms. The second-order valence-electron chi connectivity index (χ2n) is 3.60. The molecule has 0 aliphatic heterocycles. The third kappa shape index (κ3) is 2.71. The van der Waals surface area contributed by atoms with Crippen molar-refractivity contribution in [2.75, 3.05) is 5.32 Å². The number of rotatable bonds is 4. The van der Waals surface area contributed by atoms with Crippen molar-refractivity contribution >= 4 is 22.4 Å². The lowest BCUT2D eigenvalue weighted by Crippen LogP contribution is -2.11. The van der Waals surface area contributed by atoms with Crippen molar-refractivity contribution in [3.63, 3.8) is 0 Å². The summed E-state index contributed by atoms with van der Waals surface area (Å²) in [6, 6.07) is 1.64. The van der Waals surface area contributed by atoms with Gasteiger partial charge in [-0.1, -0.05) is 18.3 Å². The van der Waals surface area contributed by atoms with Crippen molar-refractivity contribution in [1.29, 1.82) is 0 Å². The summed E-state index contributed by atoms with van der Waals surface area (Å²) in [5.74, 6) is 0.385. The Morgan fingerprint density at radius 3 is 3.00 bits per heavy atom. The molecule has 0 aromatic carbocycles. The van der Waals surface area contributed by atoms with Gasteiger partial charge in [-0.3, -0.25) is 10.1 Å². The van der Waals surface area contributed by atoms with E-state index in [0.29, 0.717) is 16.5 Å². The first-order chi connectivity index (χ1) is 8.20. The number of aromatic nitrogens is 2. The Bertz CT molecular complexity index is 518. The lowest BCUT2D eigenvalue weighted by atomic mass is 10.2. The van der Waals surface area contributed by atoms with Crippen molar-refractivity contribution in [3.8, 4) is 0 Å². The van der Waals surface area contributed by atoms with Gasteiger partial charge in [0, 0.05) is 6.42 Å². The Hall–Kier alpha value is -1.69. The van der Waals surface area contributed by atoms with Crippen molar-refractivity contribution in [1.82, 2.24) is 10.2 Å². The maximum Gasteiger partial charge on any atom is 0.261 e. The van der Waals surface area contributed by atoms with E-state index in [4.69, 9.17) is 4.42 Å². The highest BCUT2D eigenvalue weighted by atomic mass is 32.1. The van der Waals surface area contributed by atoms with E-state index < -0.39 is 0 Å². The molecule has 6 heteroatoms. The highest BCUT2D eigenvalue weighted by molar-refractivity contribution is 7.15. The van der Waals surface area contributed by atoms with E-state index in [1.165, 1.54) is 17.6 Å². The molecule has 5 nitrogen and oxygen atoms in total. The summed E-state index contributed by atoms with van der Waals surface area (Å²) < 4.78 is 5.07. The Morgan fingerprint density at radius 1 is 1.53 bits per heavy atom. The lowest BCUT2D eigenvalue weighted by Gasteiger charge is -1.98. The second-order valence-corrected chi connectivity index (χ2v) is 4.66. The monoisotopic (exact) mass is 251 g/mol. The fraction of sp³-hybridized carbons (Fsp3) is 0.364. The number of furan rings is 1. The first-order valence-corrected chi connectivity index (χ1v) is 6.20. The van der Waals surface area contributed by atoms with Gasteiger partial charge in [-0.15, -0.1) is 10.2 Å². The molecule has 2 rings (SSSR count). The minimum absolute atomic E-state index is 0.213. The first-order valence-electron chi connectivity index (χ1n) is 5.38. The Balaban J connectivity index is 2.05. The predicted octanol–water partition coefficient (Wildman–Crippen LogP) is 2.64. The third-order valence-electron chi connectivity index (χ3n) is 2.25. The van der Waals surface area contributed by atoms with E-state index >= 15 is 0 Å². The number of aryl methyl sites for hydroxylation is 2. The molecule has 0 aliphatic rings. The molecule has 90 valence electrons. The predicted molar refractivity (Wildman–Crippen MR) is 65.3 cm³/mol. The van der Waals surface area contributed by atoms with Gasteiger partial charge in [-0.25, -0.2) is 0 Å². The van der Waals surface area contributed by atoms with Gasteiger partial charge in [0.15, 0.2) is 0 Å². The molecule has 0 aliphatic carbocycles. The van der Waals surface area contributed by atoms with E-state index in [2.05, 4.69) is 22.4 Å². The van der Waals surface area contributed by atoms with Crippen LogP contribution in [0.2, 0.25) is 0 Å². The van der Waals surface area contributed by atoms with E-state index in [9.17, 15) is 4.79 Å². The zero-order valence-electron chi connectivity index (χ0n) is 9.69. The van der Waals surface area contributed by atoms with Crippen LogP contribution in [-0.2, 0) is 6.42 Å². The maximum absolute atomic E-state index is 11.8. The van der Waals surface area contributed by atoms with Crippen LogP contribution in [0.25, 0.3) is 0 Å². The van der Waals surface area contributed by atoms with Gasteiger partial charge in [0.1, 0.15) is 10.8 Å². The van der Waals surface area contributed by atoms with E-state index in [-0.39, 0.29) is 5.91 Å². The summed E-state index contributed by atoms with van der Waals surface area (Å²) in [7, 11) is 0. The van der Waals surface area contributed by atoms with Crippen LogP contribution in [0.4, 0.5) is 5.13 Å². The smallest absolute Gasteiger partial charge is 0.261 e. The maximum atomic E-state index is 11.8. The fourth-order valence-corrected chi connectivity index (χ4v) is 2.24. The zero-order valence-corrected chi connectivity index (χ0v) is 10.5. The summed E-state index contributed by atoms with van der Waals surface area (Å²) >= 11 is 1.40. The van der Waals surface area contributed by atoms with Gasteiger partial charge in [-0.05, 0) is 19.4 Å². The summed E-state index contributed by atoms with van der Waals surface area (Å²) in [6.45, 7) is 3.83. The van der Waals surface area contributed by atoms with Gasteiger partial charge >= 0.3 is 0 Å². The average molecular weight is 251 g/mol. The standard InChI is InChI=1S/C11H13N3O2S/c1-3-4-9-13-14-11(17-9)12-10(15)8-5-6-16-7(8)2/h5-6H,3-4H2,1-2H3,(H,12,14,15). The molecule has 1 amide bonds. The molecule has 17 heavy (non-hydrogen) atoms. The molecule has 1 N–H and O–H groups in total. The van der Waals surface area contributed by atoms with Crippen molar-refractivity contribution in [2.45, 2.75) is 26.7 Å². The van der Waals surface area contributed by atoms with E-state index in [1.807, 2.05) is 0 Å². The highest BCUT2D eigenvalue weighted by Crippen LogP contribution is 2.18. The fourth-order valence-electron chi connectivity index (χ4n) is 1.40. The number of carbonyl (C=O) groups excluding carboxylic acids is 1. The largest absolute Gasteiger partial charge is 0.469 e. The molecule has 0 saturated carbocycles. The van der Waals surface area contributed by atoms with Crippen LogP contribution in [-0.4, -0.2) is 16.1 Å². The minimum Gasteiger partial charge on any atom is -0.469 e. The normalized spacial score (nSPS) is 10.5. The number of nitrogens with zero attached hydrogens (tertiary/aromatic N) is 2. The molecular formula is C11H13N3O2S. The molecule has 0 radical (unpaired) electrons. The highest BCUT2D eigenvalue weighted by Gasteiger charge is 2.13. The first kappa shape index (κ1) is 11.8. The number of hydrogen-bond acceptors (Lipinski definition) is 5. The molecule has 0 spiro atoms.